The topological polar surface area (TPSA) is 85.9 Å². The zero-order chi connectivity index (χ0) is 22.8. The van der Waals surface area contributed by atoms with Crippen LogP contribution in [0.4, 0.5) is 0 Å². The molecular formula is C25H26N6O2. The van der Waals surface area contributed by atoms with Crippen molar-refractivity contribution in [3.05, 3.63) is 88.4 Å². The maximum Gasteiger partial charge on any atom is 0.346 e. The molecule has 0 saturated carbocycles. The predicted octanol–water partition coefficient (Wildman–Crippen LogP) is 3.08. The Morgan fingerprint density at radius 1 is 1.00 bits per heavy atom. The molecule has 5 rings (SSSR count). The molecule has 33 heavy (non-hydrogen) atoms. The summed E-state index contributed by atoms with van der Waals surface area (Å²) in [5, 5.41) is 4.70. The molecule has 0 aliphatic carbocycles. The number of benzene rings is 2. The third-order valence-corrected chi connectivity index (χ3v) is 6.26. The fourth-order valence-corrected chi connectivity index (χ4v) is 4.48. The van der Waals surface area contributed by atoms with E-state index < -0.39 is 0 Å². The monoisotopic (exact) mass is 442 g/mol. The van der Waals surface area contributed by atoms with E-state index in [0.29, 0.717) is 37.4 Å². The average Bonchev–Trinajstić information content (AvgIpc) is 3.18. The van der Waals surface area contributed by atoms with Gasteiger partial charge in [-0.25, -0.2) is 14.5 Å². The first-order chi connectivity index (χ1) is 16.1. The highest BCUT2D eigenvalue weighted by atomic mass is 16.2. The smallest absolute Gasteiger partial charge is 0.337 e. The van der Waals surface area contributed by atoms with Gasteiger partial charge in [-0.2, -0.15) is 5.10 Å². The summed E-state index contributed by atoms with van der Waals surface area (Å²) in [5.74, 6) is 0.853. The number of carbonyl (C=O) groups is 1. The third-order valence-electron chi connectivity index (χ3n) is 6.26. The Balaban J connectivity index is 1.30. The van der Waals surface area contributed by atoms with E-state index in [0.717, 1.165) is 29.7 Å². The van der Waals surface area contributed by atoms with E-state index >= 15 is 0 Å². The fraction of sp³-hybridized carbons (Fsp3) is 0.320. The summed E-state index contributed by atoms with van der Waals surface area (Å²) in [6.07, 6.45) is 3.07. The molecular weight excluding hydrogens is 416 g/mol. The predicted molar refractivity (Wildman–Crippen MR) is 125 cm³/mol. The maximum atomic E-state index is 13.0. The lowest BCUT2D eigenvalue weighted by atomic mass is 9.95. The summed E-state index contributed by atoms with van der Waals surface area (Å²) in [6, 6.07) is 17.4. The Hall–Kier alpha value is -3.81. The Morgan fingerprint density at radius 3 is 2.42 bits per heavy atom. The number of rotatable bonds is 5. The van der Waals surface area contributed by atoms with Crippen molar-refractivity contribution in [1.29, 1.82) is 0 Å². The van der Waals surface area contributed by atoms with Gasteiger partial charge in [0.25, 0.3) is 5.91 Å². The highest BCUT2D eigenvalue weighted by Crippen LogP contribution is 2.27. The molecule has 1 aliphatic rings. The van der Waals surface area contributed by atoms with Crippen LogP contribution < -0.4 is 5.69 Å². The van der Waals surface area contributed by atoms with E-state index in [1.165, 1.54) is 0 Å². The van der Waals surface area contributed by atoms with E-state index in [1.54, 1.807) is 15.4 Å². The molecule has 4 aromatic rings. The number of fused-ring (bicyclic) bond motifs is 1. The van der Waals surface area contributed by atoms with Gasteiger partial charge in [-0.15, -0.1) is 0 Å². The molecule has 0 unspecified atom stereocenters. The van der Waals surface area contributed by atoms with Crippen LogP contribution in [0.2, 0.25) is 0 Å². The van der Waals surface area contributed by atoms with Gasteiger partial charge < -0.3 is 4.90 Å². The summed E-state index contributed by atoms with van der Waals surface area (Å²) in [4.78, 5) is 36.6. The van der Waals surface area contributed by atoms with Gasteiger partial charge in [0, 0.05) is 25.6 Å². The summed E-state index contributed by atoms with van der Waals surface area (Å²) >= 11 is 0. The molecule has 0 bridgehead atoms. The van der Waals surface area contributed by atoms with Crippen molar-refractivity contribution in [2.24, 2.45) is 0 Å². The molecule has 1 fully saturated rings. The van der Waals surface area contributed by atoms with Crippen LogP contribution in [0, 0.1) is 0 Å². The summed E-state index contributed by atoms with van der Waals surface area (Å²) in [6.45, 7) is 4.20. The zero-order valence-electron chi connectivity index (χ0n) is 18.6. The van der Waals surface area contributed by atoms with Gasteiger partial charge in [0.15, 0.2) is 0 Å². The number of carbonyl (C=O) groups excluding carboxylic acids is 1. The lowest BCUT2D eigenvalue weighted by molar-refractivity contribution is 0.0704. The number of hydrogen-bond acceptors (Lipinski definition) is 5. The first-order valence-electron chi connectivity index (χ1n) is 11.4. The minimum Gasteiger partial charge on any atom is -0.337 e. The van der Waals surface area contributed by atoms with E-state index in [4.69, 9.17) is 5.10 Å². The number of hydrogen-bond donors (Lipinski definition) is 0. The lowest BCUT2D eigenvalue weighted by Crippen LogP contribution is -2.39. The normalized spacial score (nSPS) is 14.6. The molecule has 2 aromatic carbocycles. The number of para-hydroxylation sites is 2. The molecule has 3 heterocycles. The highest BCUT2D eigenvalue weighted by molar-refractivity contribution is 5.93. The van der Waals surface area contributed by atoms with Crippen LogP contribution in [0.25, 0.3) is 11.0 Å². The first kappa shape index (κ1) is 21.1. The van der Waals surface area contributed by atoms with Crippen LogP contribution in [0.5, 0.6) is 0 Å². The fourth-order valence-electron chi connectivity index (χ4n) is 4.48. The van der Waals surface area contributed by atoms with Crippen molar-refractivity contribution < 1.29 is 4.79 Å². The molecule has 8 nitrogen and oxygen atoms in total. The molecule has 0 atom stereocenters. The zero-order valence-corrected chi connectivity index (χ0v) is 18.6. The van der Waals surface area contributed by atoms with E-state index in [-0.39, 0.29) is 17.5 Å². The molecule has 0 spiro atoms. The van der Waals surface area contributed by atoms with Crippen LogP contribution in [-0.2, 0) is 13.1 Å². The number of nitrogens with zero attached hydrogens (tertiary/aromatic N) is 6. The second kappa shape index (κ2) is 8.97. The van der Waals surface area contributed by atoms with E-state index in [9.17, 15) is 9.59 Å². The van der Waals surface area contributed by atoms with Crippen LogP contribution in [0.15, 0.2) is 65.6 Å². The lowest BCUT2D eigenvalue weighted by Gasteiger charge is -2.31. The first-order valence-corrected chi connectivity index (χ1v) is 11.4. The van der Waals surface area contributed by atoms with Crippen LogP contribution in [0.1, 0.15) is 47.6 Å². The molecule has 2 aromatic heterocycles. The van der Waals surface area contributed by atoms with Crippen LogP contribution in [0.3, 0.4) is 0 Å². The van der Waals surface area contributed by atoms with Crippen molar-refractivity contribution in [2.75, 3.05) is 13.1 Å². The third kappa shape index (κ3) is 4.16. The van der Waals surface area contributed by atoms with Gasteiger partial charge in [-0.05, 0) is 37.5 Å². The SMILES string of the molecule is CCn1c(C2CCN(C(=O)c3cnc4ccccc4n3)CC2)nn(Cc2ccccc2)c1=O. The molecule has 0 radical (unpaired) electrons. The Labute approximate surface area is 191 Å². The van der Waals surface area contributed by atoms with Crippen molar-refractivity contribution in [3.63, 3.8) is 0 Å². The van der Waals surface area contributed by atoms with Crippen molar-refractivity contribution in [1.82, 2.24) is 29.2 Å². The Morgan fingerprint density at radius 2 is 1.70 bits per heavy atom. The highest BCUT2D eigenvalue weighted by Gasteiger charge is 2.29. The second-order valence-electron chi connectivity index (χ2n) is 8.34. The van der Waals surface area contributed by atoms with Crippen molar-refractivity contribution in [3.8, 4) is 0 Å². The molecule has 1 amide bonds. The van der Waals surface area contributed by atoms with E-state index in [1.807, 2.05) is 66.4 Å². The Kier molecular flexibility index (Phi) is 5.73. The summed E-state index contributed by atoms with van der Waals surface area (Å²) < 4.78 is 3.32. The summed E-state index contributed by atoms with van der Waals surface area (Å²) in [5.41, 5.74) is 2.82. The minimum absolute atomic E-state index is 0.0821. The Bertz CT molecular complexity index is 1340. The van der Waals surface area contributed by atoms with Gasteiger partial charge in [0.05, 0.1) is 23.8 Å². The average molecular weight is 443 g/mol. The van der Waals surface area contributed by atoms with Gasteiger partial charge in [0.1, 0.15) is 11.5 Å². The number of likely N-dealkylation sites (tertiary alicyclic amines) is 1. The molecule has 8 heteroatoms. The minimum atomic E-state index is -0.103. The molecule has 0 N–H and O–H groups in total. The van der Waals surface area contributed by atoms with Crippen LogP contribution >= 0.6 is 0 Å². The number of piperidine rings is 1. The van der Waals surface area contributed by atoms with Crippen molar-refractivity contribution in [2.45, 2.75) is 38.8 Å². The number of aromatic nitrogens is 5. The molecule has 1 aliphatic heterocycles. The largest absolute Gasteiger partial charge is 0.346 e. The van der Waals surface area contributed by atoms with Gasteiger partial charge >= 0.3 is 5.69 Å². The summed E-state index contributed by atoms with van der Waals surface area (Å²) in [7, 11) is 0. The van der Waals surface area contributed by atoms with Crippen LogP contribution in [-0.4, -0.2) is 48.2 Å². The maximum absolute atomic E-state index is 13.0. The number of amides is 1. The second-order valence-corrected chi connectivity index (χ2v) is 8.34. The van der Waals surface area contributed by atoms with Gasteiger partial charge in [-0.3, -0.25) is 14.3 Å². The molecule has 1 saturated heterocycles. The standard InChI is InChI=1S/C25H26N6O2/c1-2-30-23(28-31(25(30)33)17-18-8-4-3-5-9-18)19-12-14-29(15-13-19)24(32)22-16-26-20-10-6-7-11-21(20)27-22/h3-11,16,19H,2,12-15,17H2,1H3. The van der Waals surface area contributed by atoms with Gasteiger partial charge in [0.2, 0.25) is 0 Å². The van der Waals surface area contributed by atoms with Gasteiger partial charge in [-0.1, -0.05) is 42.5 Å². The quantitative estimate of drug-likeness (QED) is 0.474. The van der Waals surface area contributed by atoms with E-state index in [2.05, 4.69) is 9.97 Å². The molecule has 168 valence electrons. The van der Waals surface area contributed by atoms with Crippen molar-refractivity contribution >= 4 is 16.9 Å².